The van der Waals surface area contributed by atoms with Gasteiger partial charge in [0, 0.05) is 0 Å². The number of hydrogen-bond donors (Lipinski definition) is 0. The molecule has 0 nitrogen and oxygen atoms in total. The Bertz CT molecular complexity index is 309. The first-order valence-electron chi connectivity index (χ1n) is 8.66. The van der Waals surface area contributed by atoms with Gasteiger partial charge in [-0.25, -0.2) is 0 Å². The summed E-state index contributed by atoms with van der Waals surface area (Å²) in [4.78, 5) is 0. The van der Waals surface area contributed by atoms with Crippen LogP contribution in [0.3, 0.4) is 0 Å². The maximum atomic E-state index is 4.51. The summed E-state index contributed by atoms with van der Waals surface area (Å²) < 4.78 is 0. The summed E-state index contributed by atoms with van der Waals surface area (Å²) in [6.07, 6.45) is 8.91. The molecule has 0 aliphatic rings. The molecule has 0 aromatic heterocycles. The second-order valence-electron chi connectivity index (χ2n) is 6.16. The fourth-order valence-corrected chi connectivity index (χ4v) is 8.96. The molecule has 0 saturated carbocycles. The quantitative estimate of drug-likeness (QED) is 0.320. The molecule has 0 amide bonds. The van der Waals surface area contributed by atoms with Gasteiger partial charge in [-0.05, 0) is 0 Å². The molecule has 0 rings (SSSR count). The van der Waals surface area contributed by atoms with E-state index in [2.05, 4.69) is 54.0 Å². The Hall–Kier alpha value is -0.610. The summed E-state index contributed by atoms with van der Waals surface area (Å²) in [6, 6.07) is 0. The Morgan fingerprint density at radius 1 is 0.524 bits per heavy atom. The number of rotatable bonds is 12. The first-order chi connectivity index (χ1) is 9.93. The molecule has 0 atom stereocenters. The van der Waals surface area contributed by atoms with E-state index in [1.165, 1.54) is 21.3 Å². The minimum absolute atomic E-state index is 1.08. The Morgan fingerprint density at radius 2 is 0.714 bits per heavy atom. The van der Waals surface area contributed by atoms with Gasteiger partial charge in [-0.1, -0.05) is 0 Å². The average molecular weight is 308 g/mol. The first kappa shape index (κ1) is 20.4. The average Bonchev–Trinajstić information content (AvgIpc) is 2.40. The van der Waals surface area contributed by atoms with E-state index >= 15 is 0 Å². The van der Waals surface area contributed by atoms with E-state index in [1.807, 2.05) is 0 Å². The standard InChI is InChI=1S/C20H37P/c1-9-13-17(5)21(18(6)14-10-2,19(7)15-11-3)20(8)16-12-4/h21H,5-16H2,1-4H3. The van der Waals surface area contributed by atoms with Crippen molar-refractivity contribution in [2.45, 2.75) is 79.1 Å². The van der Waals surface area contributed by atoms with Crippen LogP contribution < -0.4 is 0 Å². The van der Waals surface area contributed by atoms with Crippen LogP contribution in [0.25, 0.3) is 0 Å². The van der Waals surface area contributed by atoms with Gasteiger partial charge >= 0.3 is 134 Å². The van der Waals surface area contributed by atoms with Gasteiger partial charge in [-0.3, -0.25) is 0 Å². The maximum absolute atomic E-state index is 4.51. The van der Waals surface area contributed by atoms with Crippen molar-refractivity contribution in [2.75, 3.05) is 0 Å². The second kappa shape index (κ2) is 10.2. The van der Waals surface area contributed by atoms with Gasteiger partial charge in [-0.2, -0.15) is 0 Å². The van der Waals surface area contributed by atoms with Gasteiger partial charge in [0.1, 0.15) is 0 Å². The molecule has 0 aliphatic heterocycles. The van der Waals surface area contributed by atoms with Gasteiger partial charge in [0.05, 0.1) is 0 Å². The second-order valence-corrected chi connectivity index (χ2v) is 10.5. The molecule has 0 heterocycles. The Labute approximate surface area is 134 Å². The monoisotopic (exact) mass is 308 g/mol. The molecule has 0 aromatic carbocycles. The van der Waals surface area contributed by atoms with E-state index in [9.17, 15) is 0 Å². The van der Waals surface area contributed by atoms with Crippen LogP contribution in [-0.2, 0) is 0 Å². The van der Waals surface area contributed by atoms with Crippen molar-refractivity contribution >= 4 is 7.26 Å². The summed E-state index contributed by atoms with van der Waals surface area (Å²) in [5, 5.41) is 5.56. The third kappa shape index (κ3) is 4.68. The van der Waals surface area contributed by atoms with Crippen molar-refractivity contribution in [3.05, 3.63) is 47.6 Å². The normalized spacial score (nSPS) is 12.0. The van der Waals surface area contributed by atoms with Crippen molar-refractivity contribution in [2.24, 2.45) is 0 Å². The number of allylic oxidation sites excluding steroid dienone is 4. The molecule has 1 heteroatoms. The van der Waals surface area contributed by atoms with Crippen molar-refractivity contribution in [3.8, 4) is 0 Å². The summed E-state index contributed by atoms with van der Waals surface area (Å²) in [6.45, 7) is 27.0. The van der Waals surface area contributed by atoms with Crippen LogP contribution in [0.1, 0.15) is 79.1 Å². The van der Waals surface area contributed by atoms with Gasteiger partial charge in [0.25, 0.3) is 0 Å². The molecular formula is C20H37P. The predicted octanol–water partition coefficient (Wildman–Crippen LogP) is 7.99. The van der Waals surface area contributed by atoms with Crippen LogP contribution in [-0.4, -0.2) is 0 Å². The van der Waals surface area contributed by atoms with Crippen LogP contribution in [0.4, 0.5) is 0 Å². The van der Waals surface area contributed by atoms with Crippen molar-refractivity contribution < 1.29 is 0 Å². The van der Waals surface area contributed by atoms with E-state index in [0.29, 0.717) is 0 Å². The SMILES string of the molecule is C=C(CCC)[PH](C(=C)CCC)(C(=C)CCC)C(=C)CCC. The Kier molecular flexibility index (Phi) is 9.88. The fraction of sp³-hybridized carbons (Fsp3) is 0.600. The predicted molar refractivity (Wildman–Crippen MR) is 105 cm³/mol. The van der Waals surface area contributed by atoms with Crippen molar-refractivity contribution in [1.82, 2.24) is 0 Å². The Morgan fingerprint density at radius 3 is 0.857 bits per heavy atom. The summed E-state index contributed by atoms with van der Waals surface area (Å²) in [5.74, 6) is 0. The minimum atomic E-state index is -2.07. The van der Waals surface area contributed by atoms with Crippen molar-refractivity contribution in [3.63, 3.8) is 0 Å². The summed E-state index contributed by atoms with van der Waals surface area (Å²) in [7, 11) is -2.07. The fourth-order valence-electron chi connectivity index (χ4n) is 3.46. The molecule has 0 radical (unpaired) electrons. The van der Waals surface area contributed by atoms with Crippen LogP contribution in [0.15, 0.2) is 47.6 Å². The molecule has 0 aliphatic carbocycles. The first-order valence-corrected chi connectivity index (χ1v) is 10.7. The third-order valence-corrected chi connectivity index (χ3v) is 9.57. The third-order valence-electron chi connectivity index (χ3n) is 4.33. The summed E-state index contributed by atoms with van der Waals surface area (Å²) in [5.41, 5.74) is 0. The molecule has 0 bridgehead atoms. The van der Waals surface area contributed by atoms with Crippen LogP contribution in [0.5, 0.6) is 0 Å². The summed E-state index contributed by atoms with van der Waals surface area (Å²) >= 11 is 0. The van der Waals surface area contributed by atoms with Gasteiger partial charge in [0.2, 0.25) is 0 Å². The molecule has 0 unspecified atom stereocenters. The Balaban J connectivity index is 5.93. The molecule has 0 aromatic rings. The van der Waals surface area contributed by atoms with Crippen molar-refractivity contribution in [1.29, 1.82) is 0 Å². The topological polar surface area (TPSA) is 0 Å². The molecular weight excluding hydrogens is 271 g/mol. The molecule has 0 spiro atoms. The van der Waals surface area contributed by atoms with Gasteiger partial charge in [-0.15, -0.1) is 0 Å². The molecule has 0 N–H and O–H groups in total. The zero-order valence-corrected chi connectivity index (χ0v) is 16.0. The van der Waals surface area contributed by atoms with Gasteiger partial charge < -0.3 is 0 Å². The van der Waals surface area contributed by atoms with Gasteiger partial charge in [0.15, 0.2) is 0 Å². The van der Waals surface area contributed by atoms with E-state index in [4.69, 9.17) is 0 Å². The van der Waals surface area contributed by atoms with E-state index in [-0.39, 0.29) is 0 Å². The molecule has 0 saturated heterocycles. The molecule has 122 valence electrons. The van der Waals surface area contributed by atoms with Crippen LogP contribution >= 0.6 is 7.26 Å². The zero-order valence-electron chi connectivity index (χ0n) is 15.0. The van der Waals surface area contributed by atoms with Crippen LogP contribution in [0.2, 0.25) is 0 Å². The van der Waals surface area contributed by atoms with E-state index in [1.54, 1.807) is 0 Å². The molecule has 0 fully saturated rings. The molecule has 21 heavy (non-hydrogen) atoms. The van der Waals surface area contributed by atoms with E-state index < -0.39 is 7.26 Å². The van der Waals surface area contributed by atoms with Crippen LogP contribution in [0, 0.1) is 0 Å². The zero-order chi connectivity index (χ0) is 16.5. The number of hydrogen-bond acceptors (Lipinski definition) is 0. The van der Waals surface area contributed by atoms with E-state index in [0.717, 1.165) is 51.4 Å².